The molecule has 0 atom stereocenters. The molecule has 1 aromatic heterocycles. The fourth-order valence-electron chi connectivity index (χ4n) is 3.20. The number of nitrogens with one attached hydrogen (secondary N) is 1. The molecule has 0 unspecified atom stereocenters. The molecular formula is C24H21N5O3. The summed E-state index contributed by atoms with van der Waals surface area (Å²) in [7, 11) is 0. The number of rotatable bonds is 7. The summed E-state index contributed by atoms with van der Waals surface area (Å²) < 4.78 is 5.44. The Kier molecular flexibility index (Phi) is 6.05. The van der Waals surface area contributed by atoms with Crippen LogP contribution >= 0.6 is 0 Å². The van der Waals surface area contributed by atoms with Gasteiger partial charge in [0.25, 0.3) is 0 Å². The van der Waals surface area contributed by atoms with Gasteiger partial charge in [0.05, 0.1) is 0 Å². The average Bonchev–Trinajstić information content (AvgIpc) is 2.83. The van der Waals surface area contributed by atoms with E-state index in [0.717, 1.165) is 5.69 Å². The molecule has 0 saturated heterocycles. The van der Waals surface area contributed by atoms with E-state index in [4.69, 9.17) is 10.5 Å². The number of aliphatic hydroxyl groups is 1. The predicted molar refractivity (Wildman–Crippen MR) is 120 cm³/mol. The number of nitrogen functional groups attached to an aromatic ring is 1. The Bertz CT molecular complexity index is 1150. The number of hydrogen-bond donors (Lipinski definition) is 3. The minimum absolute atomic E-state index is 0.0224. The number of benzene rings is 3. The van der Waals surface area contributed by atoms with E-state index in [-0.39, 0.29) is 24.3 Å². The van der Waals surface area contributed by atoms with Crippen LogP contribution in [0.4, 0.5) is 17.6 Å². The molecule has 0 radical (unpaired) electrons. The molecule has 0 aliphatic heterocycles. The van der Waals surface area contributed by atoms with Gasteiger partial charge in [0.2, 0.25) is 17.5 Å². The zero-order valence-corrected chi connectivity index (χ0v) is 17.1. The summed E-state index contributed by atoms with van der Waals surface area (Å²) in [5, 5.41) is 14.5. The third-order valence-electron chi connectivity index (χ3n) is 4.74. The highest BCUT2D eigenvalue weighted by molar-refractivity contribution is 5.85. The van der Waals surface area contributed by atoms with E-state index >= 15 is 0 Å². The zero-order chi connectivity index (χ0) is 22.4. The molecule has 0 aliphatic carbocycles. The van der Waals surface area contributed by atoms with Crippen LogP contribution in [-0.2, 0) is 21.7 Å². The highest BCUT2D eigenvalue weighted by atomic mass is 16.5. The second kappa shape index (κ2) is 9.23. The van der Waals surface area contributed by atoms with Crippen molar-refractivity contribution in [3.8, 4) is 0 Å². The largest absolute Gasteiger partial charge is 0.455 e. The molecule has 4 N–H and O–H groups in total. The van der Waals surface area contributed by atoms with Crippen LogP contribution in [0.2, 0.25) is 0 Å². The summed E-state index contributed by atoms with van der Waals surface area (Å²) in [6, 6.07) is 26.5. The summed E-state index contributed by atoms with van der Waals surface area (Å²) in [6.45, 7) is -0.295. The van der Waals surface area contributed by atoms with Crippen molar-refractivity contribution in [2.24, 2.45) is 0 Å². The van der Waals surface area contributed by atoms with Crippen molar-refractivity contribution >= 4 is 23.6 Å². The van der Waals surface area contributed by atoms with E-state index in [0.29, 0.717) is 11.1 Å². The molecule has 160 valence electrons. The van der Waals surface area contributed by atoms with Crippen LogP contribution in [0.5, 0.6) is 0 Å². The Morgan fingerprint density at radius 2 is 1.38 bits per heavy atom. The number of nitrogens with two attached hydrogens (primary N) is 1. The Morgan fingerprint density at radius 3 is 1.94 bits per heavy atom. The summed E-state index contributed by atoms with van der Waals surface area (Å²) in [4.78, 5) is 25.5. The second-order valence-corrected chi connectivity index (χ2v) is 6.94. The number of aromatic nitrogens is 3. The van der Waals surface area contributed by atoms with E-state index in [2.05, 4.69) is 20.3 Å². The predicted octanol–water partition coefficient (Wildman–Crippen LogP) is 3.18. The van der Waals surface area contributed by atoms with Gasteiger partial charge in [0, 0.05) is 5.69 Å². The number of esters is 1. The summed E-state index contributed by atoms with van der Waals surface area (Å²) in [6.07, 6.45) is 0. The van der Waals surface area contributed by atoms with Crippen molar-refractivity contribution in [1.29, 1.82) is 0 Å². The molecule has 4 aromatic rings. The summed E-state index contributed by atoms with van der Waals surface area (Å²) in [5.41, 5.74) is 5.34. The second-order valence-electron chi connectivity index (χ2n) is 6.94. The fraction of sp³-hybridized carbons (Fsp3) is 0.0833. The molecule has 0 amide bonds. The standard InChI is InChI=1S/C24H21N5O3/c25-22-27-20(28-23(29-22)26-19-14-8-3-9-15-19)16-32-21(30)24(31,17-10-4-1-5-11-17)18-12-6-2-7-13-18/h1-15,31H,16H2,(H3,25,26,27,28,29). The van der Waals surface area contributed by atoms with Crippen molar-refractivity contribution in [2.45, 2.75) is 12.2 Å². The number of carbonyl (C=O) groups is 1. The van der Waals surface area contributed by atoms with Gasteiger partial charge in [0.15, 0.2) is 12.4 Å². The lowest BCUT2D eigenvalue weighted by Crippen LogP contribution is -2.38. The SMILES string of the molecule is Nc1nc(COC(=O)C(O)(c2ccccc2)c2ccccc2)nc(Nc2ccccc2)n1. The zero-order valence-electron chi connectivity index (χ0n) is 17.1. The number of para-hydroxylation sites is 1. The maximum Gasteiger partial charge on any atom is 0.348 e. The third-order valence-corrected chi connectivity index (χ3v) is 4.74. The molecular weight excluding hydrogens is 406 g/mol. The number of nitrogens with zero attached hydrogens (tertiary/aromatic N) is 3. The van der Waals surface area contributed by atoms with Crippen LogP contribution < -0.4 is 11.1 Å². The molecule has 0 bridgehead atoms. The Morgan fingerprint density at radius 1 is 0.844 bits per heavy atom. The van der Waals surface area contributed by atoms with Gasteiger partial charge >= 0.3 is 5.97 Å². The first-order valence-corrected chi connectivity index (χ1v) is 9.89. The van der Waals surface area contributed by atoms with Gasteiger partial charge in [-0.25, -0.2) is 4.79 Å². The van der Waals surface area contributed by atoms with E-state index in [1.54, 1.807) is 60.7 Å². The molecule has 8 nitrogen and oxygen atoms in total. The van der Waals surface area contributed by atoms with Crippen molar-refractivity contribution in [3.05, 3.63) is 108 Å². The van der Waals surface area contributed by atoms with Gasteiger partial charge < -0.3 is 20.9 Å². The highest BCUT2D eigenvalue weighted by Crippen LogP contribution is 2.31. The Balaban J connectivity index is 1.56. The first kappa shape index (κ1) is 21.0. The molecule has 4 rings (SSSR count). The highest BCUT2D eigenvalue weighted by Gasteiger charge is 2.41. The number of ether oxygens (including phenoxy) is 1. The van der Waals surface area contributed by atoms with Crippen LogP contribution in [0.15, 0.2) is 91.0 Å². The van der Waals surface area contributed by atoms with Gasteiger partial charge in [0.1, 0.15) is 0 Å². The normalized spacial score (nSPS) is 11.0. The summed E-state index contributed by atoms with van der Waals surface area (Å²) in [5.74, 6) is -0.513. The van der Waals surface area contributed by atoms with Gasteiger partial charge in [-0.2, -0.15) is 15.0 Å². The number of carbonyl (C=O) groups excluding carboxylic acids is 1. The number of hydrogen-bond acceptors (Lipinski definition) is 8. The van der Waals surface area contributed by atoms with E-state index in [1.165, 1.54) is 0 Å². The van der Waals surface area contributed by atoms with Crippen LogP contribution in [0, 0.1) is 0 Å². The van der Waals surface area contributed by atoms with E-state index < -0.39 is 11.6 Å². The first-order valence-electron chi connectivity index (χ1n) is 9.89. The lowest BCUT2D eigenvalue weighted by atomic mass is 9.86. The number of anilines is 3. The smallest absolute Gasteiger partial charge is 0.348 e. The van der Waals surface area contributed by atoms with Crippen molar-refractivity contribution in [3.63, 3.8) is 0 Å². The lowest BCUT2D eigenvalue weighted by molar-refractivity contribution is -0.163. The topological polar surface area (TPSA) is 123 Å². The van der Waals surface area contributed by atoms with Crippen LogP contribution in [-0.4, -0.2) is 26.0 Å². The lowest BCUT2D eigenvalue weighted by Gasteiger charge is -2.26. The maximum atomic E-state index is 13.1. The van der Waals surface area contributed by atoms with E-state index in [1.807, 2.05) is 30.3 Å². The van der Waals surface area contributed by atoms with Gasteiger partial charge in [-0.15, -0.1) is 0 Å². The maximum absolute atomic E-state index is 13.1. The first-order chi connectivity index (χ1) is 15.6. The van der Waals surface area contributed by atoms with Crippen molar-refractivity contribution < 1.29 is 14.6 Å². The minimum atomic E-state index is -1.99. The van der Waals surface area contributed by atoms with Crippen molar-refractivity contribution in [1.82, 2.24) is 15.0 Å². The van der Waals surface area contributed by atoms with Crippen molar-refractivity contribution in [2.75, 3.05) is 11.1 Å². The molecule has 1 heterocycles. The van der Waals surface area contributed by atoms with Gasteiger partial charge in [-0.3, -0.25) is 0 Å². The molecule has 8 heteroatoms. The quantitative estimate of drug-likeness (QED) is 0.384. The molecule has 0 saturated carbocycles. The summed E-state index contributed by atoms with van der Waals surface area (Å²) >= 11 is 0. The molecule has 32 heavy (non-hydrogen) atoms. The molecule has 3 aromatic carbocycles. The molecule has 0 spiro atoms. The van der Waals surface area contributed by atoms with Gasteiger partial charge in [-0.1, -0.05) is 78.9 Å². The fourth-order valence-corrected chi connectivity index (χ4v) is 3.20. The Labute approximate surface area is 184 Å². The monoisotopic (exact) mass is 427 g/mol. The van der Waals surface area contributed by atoms with Crippen LogP contribution in [0.1, 0.15) is 17.0 Å². The average molecular weight is 427 g/mol. The molecule has 0 aliphatic rings. The van der Waals surface area contributed by atoms with E-state index in [9.17, 15) is 9.90 Å². The third kappa shape index (κ3) is 4.55. The van der Waals surface area contributed by atoms with Crippen LogP contribution in [0.25, 0.3) is 0 Å². The van der Waals surface area contributed by atoms with Crippen LogP contribution in [0.3, 0.4) is 0 Å². The molecule has 0 fully saturated rings. The van der Waals surface area contributed by atoms with Gasteiger partial charge in [-0.05, 0) is 23.3 Å². The minimum Gasteiger partial charge on any atom is -0.455 e. The Hall–Kier alpha value is -4.30.